The van der Waals surface area contributed by atoms with Gasteiger partial charge < -0.3 is 15.4 Å². The Morgan fingerprint density at radius 2 is 1.74 bits per heavy atom. The first kappa shape index (κ1) is 28.6. The van der Waals surface area contributed by atoms with E-state index in [4.69, 9.17) is 4.74 Å². The Morgan fingerprint density at radius 3 is 2.32 bits per heavy atom. The summed E-state index contributed by atoms with van der Waals surface area (Å²) >= 11 is 1.46. The van der Waals surface area contributed by atoms with Gasteiger partial charge in [-0.25, -0.2) is 8.42 Å². The molecule has 9 heteroatoms. The largest absolute Gasteiger partial charge is 0.484 e. The number of benzene rings is 1. The molecule has 1 fully saturated rings. The topological polar surface area (TPSA) is 102 Å². The van der Waals surface area contributed by atoms with Crippen LogP contribution >= 0.6 is 11.3 Å². The molecule has 1 saturated heterocycles. The summed E-state index contributed by atoms with van der Waals surface area (Å²) in [6, 6.07) is 7.31. The van der Waals surface area contributed by atoms with E-state index >= 15 is 0 Å². The molecule has 1 aliphatic heterocycles. The van der Waals surface area contributed by atoms with Gasteiger partial charge >= 0.3 is 0 Å². The molecule has 0 spiro atoms. The molecule has 0 radical (unpaired) electrons. The minimum atomic E-state index is -3.12. The van der Waals surface area contributed by atoms with Crippen molar-refractivity contribution in [3.8, 4) is 5.75 Å². The van der Waals surface area contributed by atoms with Crippen LogP contribution in [0.2, 0.25) is 0 Å². The summed E-state index contributed by atoms with van der Waals surface area (Å²) < 4.78 is 29.6. The molecule has 7 nitrogen and oxygen atoms in total. The van der Waals surface area contributed by atoms with Crippen molar-refractivity contribution in [2.24, 2.45) is 11.3 Å². The molecule has 2 aliphatic rings. The van der Waals surface area contributed by atoms with Crippen molar-refractivity contribution in [1.29, 1.82) is 0 Å². The highest BCUT2D eigenvalue weighted by Crippen LogP contribution is 2.44. The van der Waals surface area contributed by atoms with Gasteiger partial charge in [0.1, 0.15) is 10.8 Å². The van der Waals surface area contributed by atoms with Crippen molar-refractivity contribution < 1.29 is 22.7 Å². The summed E-state index contributed by atoms with van der Waals surface area (Å²) in [4.78, 5) is 27.5. The van der Waals surface area contributed by atoms with E-state index in [1.807, 2.05) is 24.3 Å². The molecule has 2 amide bonds. The van der Waals surface area contributed by atoms with Gasteiger partial charge in [0.05, 0.1) is 17.1 Å². The number of carbonyl (C=O) groups excluding carboxylic acids is 2. The van der Waals surface area contributed by atoms with Crippen LogP contribution in [-0.2, 0) is 32.9 Å². The maximum Gasteiger partial charge on any atom is 0.262 e. The highest BCUT2D eigenvalue weighted by Gasteiger charge is 2.36. The van der Waals surface area contributed by atoms with Crippen molar-refractivity contribution in [3.05, 3.63) is 45.8 Å². The Hall–Kier alpha value is -2.39. The van der Waals surface area contributed by atoms with E-state index < -0.39 is 15.9 Å². The molecule has 38 heavy (non-hydrogen) atoms. The van der Waals surface area contributed by atoms with Gasteiger partial charge in [0.2, 0.25) is 0 Å². The SMILES string of the molecule is CC(C)(C)c1ccc(OCC(=O)Nc2sc3c(c2C(=O)NC2CCS(=O)(=O)C2)CCC(C(C)(C)C)C3)cc1. The molecule has 1 aromatic heterocycles. The lowest BCUT2D eigenvalue weighted by Crippen LogP contribution is -2.36. The fourth-order valence-electron chi connectivity index (χ4n) is 5.18. The summed E-state index contributed by atoms with van der Waals surface area (Å²) in [6.45, 7) is 12.9. The summed E-state index contributed by atoms with van der Waals surface area (Å²) in [6.07, 6.45) is 2.99. The van der Waals surface area contributed by atoms with Crippen LogP contribution in [0.3, 0.4) is 0 Å². The predicted molar refractivity (Wildman–Crippen MR) is 153 cm³/mol. The summed E-state index contributed by atoms with van der Waals surface area (Å²) in [5.41, 5.74) is 2.80. The van der Waals surface area contributed by atoms with Gasteiger partial charge in [-0.3, -0.25) is 9.59 Å². The van der Waals surface area contributed by atoms with Crippen LogP contribution in [0.15, 0.2) is 24.3 Å². The van der Waals surface area contributed by atoms with E-state index in [0.29, 0.717) is 28.7 Å². The fourth-order valence-corrected chi connectivity index (χ4v) is 8.20. The molecule has 208 valence electrons. The van der Waals surface area contributed by atoms with Crippen LogP contribution in [0, 0.1) is 11.3 Å². The summed E-state index contributed by atoms with van der Waals surface area (Å²) in [5.74, 6) is 0.478. The lowest BCUT2D eigenvalue weighted by Gasteiger charge is -2.33. The van der Waals surface area contributed by atoms with Crippen LogP contribution in [0.1, 0.15) is 80.7 Å². The standard InChI is InChI=1S/C29H40N2O5S2/c1-28(2,3)18-7-10-21(11-8-18)36-16-24(32)31-27-25(26(33)30-20-13-14-38(34,35)17-20)22-12-9-19(29(4,5)6)15-23(22)37-27/h7-8,10-11,19-20H,9,12-17H2,1-6H3,(H,30,33)(H,31,32). The molecule has 2 heterocycles. The number of fused-ring (bicyclic) bond motifs is 1. The van der Waals surface area contributed by atoms with Crippen LogP contribution in [0.25, 0.3) is 0 Å². The average Bonchev–Trinajstić information content (AvgIpc) is 3.34. The number of hydrogen-bond acceptors (Lipinski definition) is 6. The second-order valence-corrected chi connectivity index (χ2v) is 16.0. The molecule has 2 unspecified atom stereocenters. The maximum absolute atomic E-state index is 13.4. The Morgan fingerprint density at radius 1 is 1.05 bits per heavy atom. The highest BCUT2D eigenvalue weighted by atomic mass is 32.2. The molecule has 4 rings (SSSR count). The molecule has 0 bridgehead atoms. The quantitative estimate of drug-likeness (QED) is 0.510. The third-order valence-corrected chi connectivity index (χ3v) is 10.6. The number of sulfone groups is 1. The minimum Gasteiger partial charge on any atom is -0.484 e. The molecular formula is C29H40N2O5S2. The Kier molecular flexibility index (Phi) is 8.01. The van der Waals surface area contributed by atoms with E-state index in [0.717, 1.165) is 29.7 Å². The number of thiophene rings is 1. The number of carbonyl (C=O) groups is 2. The van der Waals surface area contributed by atoms with Crippen molar-refractivity contribution in [3.63, 3.8) is 0 Å². The van der Waals surface area contributed by atoms with Crippen molar-refractivity contribution in [2.75, 3.05) is 23.4 Å². The molecule has 2 atom stereocenters. The van der Waals surface area contributed by atoms with Gasteiger partial charge in [-0.2, -0.15) is 0 Å². The van der Waals surface area contributed by atoms with E-state index in [2.05, 4.69) is 52.2 Å². The van der Waals surface area contributed by atoms with Gasteiger partial charge in [0, 0.05) is 10.9 Å². The van der Waals surface area contributed by atoms with E-state index in [9.17, 15) is 18.0 Å². The molecule has 2 aromatic rings. The van der Waals surface area contributed by atoms with E-state index in [1.165, 1.54) is 16.9 Å². The fraction of sp³-hybridized carbons (Fsp3) is 0.586. The zero-order valence-corrected chi connectivity index (χ0v) is 24.9. The lowest BCUT2D eigenvalue weighted by molar-refractivity contribution is -0.118. The second-order valence-electron chi connectivity index (χ2n) is 12.7. The third-order valence-electron chi connectivity index (χ3n) is 7.63. The monoisotopic (exact) mass is 560 g/mol. The third kappa shape index (κ3) is 6.78. The van der Waals surface area contributed by atoms with E-state index in [-0.39, 0.29) is 40.8 Å². The minimum absolute atomic E-state index is 0.0276. The van der Waals surface area contributed by atoms with Gasteiger partial charge in [-0.15, -0.1) is 11.3 Å². The van der Waals surface area contributed by atoms with E-state index in [1.54, 1.807) is 0 Å². The first-order valence-electron chi connectivity index (χ1n) is 13.3. The predicted octanol–water partition coefficient (Wildman–Crippen LogP) is 5.13. The number of rotatable bonds is 6. The Bertz CT molecular complexity index is 1300. The maximum atomic E-state index is 13.4. The molecule has 1 aromatic carbocycles. The van der Waals surface area contributed by atoms with Crippen LogP contribution in [0.5, 0.6) is 5.75 Å². The molecule has 1 aliphatic carbocycles. The van der Waals surface area contributed by atoms with Crippen molar-refractivity contribution in [1.82, 2.24) is 5.32 Å². The molecular weight excluding hydrogens is 520 g/mol. The molecule has 2 N–H and O–H groups in total. The van der Waals surface area contributed by atoms with Gasteiger partial charge in [-0.1, -0.05) is 53.7 Å². The van der Waals surface area contributed by atoms with Crippen LogP contribution in [-0.4, -0.2) is 44.4 Å². The number of hydrogen-bond donors (Lipinski definition) is 2. The highest BCUT2D eigenvalue weighted by molar-refractivity contribution is 7.91. The van der Waals surface area contributed by atoms with Crippen molar-refractivity contribution in [2.45, 2.75) is 78.7 Å². The number of ether oxygens (including phenoxy) is 1. The van der Waals surface area contributed by atoms with Crippen LogP contribution < -0.4 is 15.4 Å². The smallest absolute Gasteiger partial charge is 0.262 e. The molecule has 0 saturated carbocycles. The first-order valence-corrected chi connectivity index (χ1v) is 16.0. The Balaban J connectivity index is 1.51. The van der Waals surface area contributed by atoms with Gasteiger partial charge in [0.25, 0.3) is 11.8 Å². The van der Waals surface area contributed by atoms with Crippen molar-refractivity contribution >= 4 is 38.0 Å². The van der Waals surface area contributed by atoms with Gasteiger partial charge in [-0.05, 0) is 65.7 Å². The summed E-state index contributed by atoms with van der Waals surface area (Å²) in [5, 5.41) is 6.36. The average molecular weight is 561 g/mol. The first-order chi connectivity index (χ1) is 17.6. The van der Waals surface area contributed by atoms with Crippen LogP contribution in [0.4, 0.5) is 5.00 Å². The van der Waals surface area contributed by atoms with Gasteiger partial charge in [0.15, 0.2) is 16.4 Å². The number of nitrogens with one attached hydrogen (secondary N) is 2. The number of amides is 2. The normalized spacial score (nSPS) is 21.0. The summed E-state index contributed by atoms with van der Waals surface area (Å²) in [7, 11) is -3.12. The zero-order chi connectivity index (χ0) is 27.9. The number of anilines is 1. The Labute approximate surface area is 230 Å². The zero-order valence-electron chi connectivity index (χ0n) is 23.3. The lowest BCUT2D eigenvalue weighted by atomic mass is 9.72. The second kappa shape index (κ2) is 10.6.